The third-order valence-electron chi connectivity index (χ3n) is 12.3. The SMILES string of the molecule is CC/C=C\C/C=C\C/C=C\C/C=C\C/C=C\C/C=C\CCC(=O)OCC(COP(=O)(O)OCC(CO)OC(=O)CCCCCCC/C=C\CCCC)OC(=O)CCCCCCCCCCCCCCCCCCC. The molecule has 0 bridgehead atoms. The van der Waals surface area contributed by atoms with Crippen molar-refractivity contribution in [2.75, 3.05) is 26.4 Å². The Balaban J connectivity index is 4.82. The zero-order valence-corrected chi connectivity index (χ0v) is 47.9. The van der Waals surface area contributed by atoms with Gasteiger partial charge in [-0.3, -0.25) is 23.4 Å². The number of carbonyl (C=O) groups is 3. The second-order valence-electron chi connectivity index (χ2n) is 19.4. The molecule has 0 radical (unpaired) electrons. The number of aliphatic hydroxyl groups excluding tert-OH is 1. The Hall–Kier alpha value is -3.34. The van der Waals surface area contributed by atoms with Crippen LogP contribution in [0.1, 0.15) is 252 Å². The average Bonchev–Trinajstić information content (AvgIpc) is 3.39. The maximum absolute atomic E-state index is 12.9. The summed E-state index contributed by atoms with van der Waals surface area (Å²) < 4.78 is 39.4. The summed E-state index contributed by atoms with van der Waals surface area (Å²) in [5, 5.41) is 9.79. The fourth-order valence-corrected chi connectivity index (χ4v) is 8.62. The van der Waals surface area contributed by atoms with Crippen LogP contribution in [0.25, 0.3) is 0 Å². The number of ether oxygens (including phenoxy) is 3. The molecule has 0 aliphatic rings. The molecule has 0 saturated heterocycles. The Morgan fingerprint density at radius 3 is 1.18 bits per heavy atom. The third kappa shape index (κ3) is 53.5. The minimum absolute atomic E-state index is 0.100. The molecule has 3 atom stereocenters. The van der Waals surface area contributed by atoms with Gasteiger partial charge < -0.3 is 24.2 Å². The molecule has 0 aliphatic carbocycles. The molecule has 0 saturated carbocycles. The topological polar surface area (TPSA) is 155 Å². The van der Waals surface area contributed by atoms with Gasteiger partial charge in [-0.15, -0.1) is 0 Å². The fourth-order valence-electron chi connectivity index (χ4n) is 7.83. The van der Waals surface area contributed by atoms with E-state index in [4.69, 9.17) is 23.3 Å². The van der Waals surface area contributed by atoms with E-state index in [-0.39, 0.29) is 25.9 Å². The number of carbonyl (C=O) groups excluding carboxylic acids is 3. The molecule has 0 aromatic carbocycles. The Bertz CT molecular complexity index is 1560. The molecule has 2 N–H and O–H groups in total. The minimum atomic E-state index is -4.77. The van der Waals surface area contributed by atoms with Crippen molar-refractivity contribution in [2.24, 2.45) is 0 Å². The van der Waals surface area contributed by atoms with Gasteiger partial charge in [0.15, 0.2) is 6.10 Å². The van der Waals surface area contributed by atoms with E-state index in [1.54, 1.807) is 0 Å². The van der Waals surface area contributed by atoms with Crippen LogP contribution < -0.4 is 0 Å². The predicted molar refractivity (Wildman–Crippen MR) is 307 cm³/mol. The number of phosphoric ester groups is 1. The molecule has 0 heterocycles. The lowest BCUT2D eigenvalue weighted by Gasteiger charge is -2.21. The lowest BCUT2D eigenvalue weighted by molar-refractivity contribution is -0.161. The Kier molecular flexibility index (Phi) is 53.4. The summed E-state index contributed by atoms with van der Waals surface area (Å²) in [5.74, 6) is -1.57. The molecule has 0 spiro atoms. The summed E-state index contributed by atoms with van der Waals surface area (Å²) in [6.45, 7) is 4.41. The molecule has 11 nitrogen and oxygen atoms in total. The Morgan fingerprint density at radius 2 is 0.743 bits per heavy atom. The summed E-state index contributed by atoms with van der Waals surface area (Å²) in [5.41, 5.74) is 0. The molecule has 12 heteroatoms. The summed E-state index contributed by atoms with van der Waals surface area (Å²) in [7, 11) is -4.77. The van der Waals surface area contributed by atoms with E-state index in [0.29, 0.717) is 19.3 Å². The van der Waals surface area contributed by atoms with E-state index in [0.717, 1.165) is 96.3 Å². The number of rotatable bonds is 54. The van der Waals surface area contributed by atoms with Crippen LogP contribution >= 0.6 is 7.82 Å². The minimum Gasteiger partial charge on any atom is -0.462 e. The van der Waals surface area contributed by atoms with Gasteiger partial charge in [0.25, 0.3) is 0 Å². The quantitative estimate of drug-likeness (QED) is 0.0197. The Morgan fingerprint density at radius 1 is 0.392 bits per heavy atom. The normalized spacial score (nSPS) is 14.0. The van der Waals surface area contributed by atoms with Crippen LogP contribution in [0.2, 0.25) is 0 Å². The Labute approximate surface area is 451 Å². The first-order valence-corrected chi connectivity index (χ1v) is 31.0. The van der Waals surface area contributed by atoms with Gasteiger partial charge in [-0.05, 0) is 77.0 Å². The van der Waals surface area contributed by atoms with Crippen molar-refractivity contribution in [1.82, 2.24) is 0 Å². The monoisotopic (exact) mass is 1060 g/mol. The summed E-state index contributed by atoms with van der Waals surface area (Å²) in [6.07, 6.45) is 64.2. The third-order valence-corrected chi connectivity index (χ3v) is 13.3. The average molecular weight is 1060 g/mol. The fraction of sp³-hybridized carbons (Fsp3) is 0.726. The van der Waals surface area contributed by atoms with Gasteiger partial charge in [-0.1, -0.05) is 241 Å². The summed E-state index contributed by atoms with van der Waals surface area (Å²) in [6, 6.07) is 0. The molecular weight excluding hydrogens is 952 g/mol. The first-order valence-electron chi connectivity index (χ1n) is 29.5. The van der Waals surface area contributed by atoms with Crippen LogP contribution in [-0.2, 0) is 42.2 Å². The highest BCUT2D eigenvalue weighted by Crippen LogP contribution is 2.43. The highest BCUT2D eigenvalue weighted by Gasteiger charge is 2.28. The molecule has 0 rings (SSSR count). The summed E-state index contributed by atoms with van der Waals surface area (Å²) >= 11 is 0. The van der Waals surface area contributed by atoms with Crippen LogP contribution in [0.3, 0.4) is 0 Å². The molecule has 0 aromatic heterocycles. The molecule has 0 amide bonds. The second kappa shape index (κ2) is 55.9. The van der Waals surface area contributed by atoms with Crippen molar-refractivity contribution in [3.05, 3.63) is 85.1 Å². The van der Waals surface area contributed by atoms with Crippen molar-refractivity contribution < 1.29 is 52.2 Å². The van der Waals surface area contributed by atoms with Crippen molar-refractivity contribution in [3.63, 3.8) is 0 Å². The van der Waals surface area contributed by atoms with Gasteiger partial charge in [0, 0.05) is 19.3 Å². The molecule has 0 aliphatic heterocycles. The number of unbranched alkanes of at least 4 members (excludes halogenated alkanes) is 23. The van der Waals surface area contributed by atoms with E-state index in [9.17, 15) is 28.9 Å². The number of aliphatic hydroxyl groups is 1. The van der Waals surface area contributed by atoms with Gasteiger partial charge in [0.05, 0.1) is 19.8 Å². The smallest absolute Gasteiger partial charge is 0.462 e. The highest BCUT2D eigenvalue weighted by atomic mass is 31.2. The number of hydrogen-bond donors (Lipinski definition) is 2. The van der Waals surface area contributed by atoms with E-state index < -0.39 is 57.8 Å². The molecule has 426 valence electrons. The van der Waals surface area contributed by atoms with Crippen LogP contribution in [0.5, 0.6) is 0 Å². The van der Waals surface area contributed by atoms with Crippen molar-refractivity contribution >= 4 is 25.7 Å². The number of phosphoric acid groups is 1. The summed E-state index contributed by atoms with van der Waals surface area (Å²) in [4.78, 5) is 48.5. The van der Waals surface area contributed by atoms with E-state index >= 15 is 0 Å². The van der Waals surface area contributed by atoms with Gasteiger partial charge in [0.2, 0.25) is 0 Å². The molecule has 0 aromatic rings. The first-order chi connectivity index (χ1) is 36.2. The van der Waals surface area contributed by atoms with Crippen LogP contribution in [0, 0.1) is 0 Å². The number of hydrogen-bond acceptors (Lipinski definition) is 10. The molecular formula is C62H107O11P. The lowest BCUT2D eigenvalue weighted by atomic mass is 10.0. The zero-order chi connectivity index (χ0) is 54.1. The van der Waals surface area contributed by atoms with Gasteiger partial charge in [-0.2, -0.15) is 0 Å². The van der Waals surface area contributed by atoms with Crippen molar-refractivity contribution in [2.45, 2.75) is 264 Å². The number of allylic oxidation sites excluding steroid dienone is 14. The lowest BCUT2D eigenvalue weighted by Crippen LogP contribution is -2.30. The van der Waals surface area contributed by atoms with Crippen LogP contribution in [0.15, 0.2) is 85.1 Å². The predicted octanol–water partition coefficient (Wildman–Crippen LogP) is 17.5. The van der Waals surface area contributed by atoms with Crippen molar-refractivity contribution in [1.29, 1.82) is 0 Å². The first kappa shape index (κ1) is 70.7. The maximum Gasteiger partial charge on any atom is 0.472 e. The van der Waals surface area contributed by atoms with Gasteiger partial charge in [0.1, 0.15) is 12.7 Å². The maximum atomic E-state index is 12.9. The van der Waals surface area contributed by atoms with Crippen LogP contribution in [-0.4, -0.2) is 66.5 Å². The zero-order valence-electron chi connectivity index (χ0n) is 47.0. The van der Waals surface area contributed by atoms with E-state index in [1.165, 1.54) is 96.3 Å². The molecule has 0 fully saturated rings. The van der Waals surface area contributed by atoms with Gasteiger partial charge in [-0.25, -0.2) is 4.57 Å². The van der Waals surface area contributed by atoms with E-state index in [2.05, 4.69) is 93.7 Å². The largest absolute Gasteiger partial charge is 0.472 e. The van der Waals surface area contributed by atoms with E-state index in [1.807, 2.05) is 12.2 Å². The standard InChI is InChI=1S/C62H107O11P/c1-4-7-10-13-16-19-22-24-26-28-29-31-32-34-37-39-42-45-48-51-60(64)69-55-59(73-62(66)53-50-47-44-41-38-35-33-30-27-25-23-20-17-14-11-8-5-2)57-71-74(67,68)70-56-58(54-63)72-61(65)52-49-46-43-40-36-21-18-15-12-9-6-3/h7,10,15-16,18-19,24,26,29,31,34,37,42,45,58-59,63H,4-6,8-9,11-14,17,20-23,25,27-28,30,32-33,35-36,38-41,43-44,46-57H2,1-3H3,(H,67,68)/b10-7-,18-15-,19-16-,26-24-,31-29-,37-34-,45-42-. The molecule has 3 unspecified atom stereocenters. The van der Waals surface area contributed by atoms with Gasteiger partial charge >= 0.3 is 25.7 Å². The molecule has 74 heavy (non-hydrogen) atoms. The van der Waals surface area contributed by atoms with Crippen molar-refractivity contribution in [3.8, 4) is 0 Å². The highest BCUT2D eigenvalue weighted by molar-refractivity contribution is 7.47. The second-order valence-corrected chi connectivity index (χ2v) is 20.9. The van der Waals surface area contributed by atoms with Crippen LogP contribution in [0.4, 0.5) is 0 Å². The number of esters is 3.